The summed E-state index contributed by atoms with van der Waals surface area (Å²) in [6.07, 6.45) is 2.94. The van der Waals surface area contributed by atoms with Crippen LogP contribution in [0.5, 0.6) is 0 Å². The maximum Gasteiger partial charge on any atom is 0.0457 e. The predicted octanol–water partition coefficient (Wildman–Crippen LogP) is 3.99. The second-order valence-corrected chi connectivity index (χ2v) is 5.06. The van der Waals surface area contributed by atoms with Gasteiger partial charge in [-0.1, -0.05) is 29.8 Å². The Bertz CT molecular complexity index is 698. The number of nitrogens with two attached hydrogens (primary N) is 1. The molecule has 0 spiro atoms. The van der Waals surface area contributed by atoms with Crippen molar-refractivity contribution in [3.8, 4) is 11.1 Å². The van der Waals surface area contributed by atoms with Gasteiger partial charge in [-0.05, 0) is 53.9 Å². The average Bonchev–Trinajstić information content (AvgIpc) is 2.83. The van der Waals surface area contributed by atoms with E-state index in [1.807, 2.05) is 30.5 Å². The highest BCUT2D eigenvalue weighted by Gasteiger charge is 2.05. The van der Waals surface area contributed by atoms with Crippen molar-refractivity contribution in [3.05, 3.63) is 59.2 Å². The molecule has 0 aliphatic carbocycles. The quantitative estimate of drug-likeness (QED) is 0.742. The van der Waals surface area contributed by atoms with Gasteiger partial charge in [0.1, 0.15) is 0 Å². The van der Waals surface area contributed by atoms with Crippen molar-refractivity contribution in [2.45, 2.75) is 6.42 Å². The van der Waals surface area contributed by atoms with Crippen molar-refractivity contribution >= 4 is 22.5 Å². The van der Waals surface area contributed by atoms with Gasteiger partial charge < -0.3 is 10.7 Å². The molecule has 0 unspecified atom stereocenters. The van der Waals surface area contributed by atoms with E-state index in [0.29, 0.717) is 6.54 Å². The SMILES string of the molecule is NCCc1c[nH]c2ccc(-c3ccc(Cl)cc3)cc12. The number of rotatable bonds is 3. The average molecular weight is 271 g/mol. The van der Waals surface area contributed by atoms with Crippen molar-refractivity contribution in [2.24, 2.45) is 5.73 Å². The Morgan fingerprint density at radius 1 is 1.00 bits per heavy atom. The Hall–Kier alpha value is -1.77. The van der Waals surface area contributed by atoms with Gasteiger partial charge in [-0.2, -0.15) is 0 Å². The third kappa shape index (κ3) is 2.37. The Kier molecular flexibility index (Phi) is 3.28. The first-order valence-electron chi connectivity index (χ1n) is 6.34. The molecular formula is C16H15ClN2. The lowest BCUT2D eigenvalue weighted by atomic mass is 10.0. The van der Waals surface area contributed by atoms with Crippen molar-refractivity contribution in [1.82, 2.24) is 4.98 Å². The highest BCUT2D eigenvalue weighted by Crippen LogP contribution is 2.27. The zero-order chi connectivity index (χ0) is 13.2. The molecule has 0 saturated carbocycles. The second kappa shape index (κ2) is 5.08. The number of benzene rings is 2. The monoisotopic (exact) mass is 270 g/mol. The molecule has 2 aromatic carbocycles. The van der Waals surface area contributed by atoms with Crippen molar-refractivity contribution in [2.75, 3.05) is 6.54 Å². The summed E-state index contributed by atoms with van der Waals surface area (Å²) < 4.78 is 0. The number of hydrogen-bond acceptors (Lipinski definition) is 1. The number of aromatic nitrogens is 1. The van der Waals surface area contributed by atoms with Crippen molar-refractivity contribution < 1.29 is 0 Å². The zero-order valence-corrected chi connectivity index (χ0v) is 11.2. The summed E-state index contributed by atoms with van der Waals surface area (Å²) >= 11 is 5.92. The van der Waals surface area contributed by atoms with Crippen LogP contribution >= 0.6 is 11.6 Å². The molecule has 0 radical (unpaired) electrons. The van der Waals surface area contributed by atoms with Crippen LogP contribution in [0.1, 0.15) is 5.56 Å². The summed E-state index contributed by atoms with van der Waals surface area (Å²) in [6.45, 7) is 0.665. The van der Waals surface area contributed by atoms with Gasteiger partial charge in [0.25, 0.3) is 0 Å². The lowest BCUT2D eigenvalue weighted by molar-refractivity contribution is 0.976. The highest BCUT2D eigenvalue weighted by molar-refractivity contribution is 6.30. The molecule has 19 heavy (non-hydrogen) atoms. The van der Waals surface area contributed by atoms with E-state index in [0.717, 1.165) is 17.0 Å². The fourth-order valence-corrected chi connectivity index (χ4v) is 2.49. The first-order chi connectivity index (χ1) is 9.28. The minimum Gasteiger partial charge on any atom is -0.361 e. The Labute approximate surface area is 117 Å². The van der Waals surface area contributed by atoms with Gasteiger partial charge in [-0.25, -0.2) is 0 Å². The van der Waals surface area contributed by atoms with E-state index in [-0.39, 0.29) is 0 Å². The van der Waals surface area contributed by atoms with Crippen LogP contribution in [0.4, 0.5) is 0 Å². The topological polar surface area (TPSA) is 41.8 Å². The van der Waals surface area contributed by atoms with Gasteiger partial charge in [0.2, 0.25) is 0 Å². The molecular weight excluding hydrogens is 256 g/mol. The molecule has 0 fully saturated rings. The molecule has 0 aliphatic rings. The van der Waals surface area contributed by atoms with Crippen LogP contribution < -0.4 is 5.73 Å². The maximum absolute atomic E-state index is 5.92. The predicted molar refractivity (Wildman–Crippen MR) is 81.5 cm³/mol. The zero-order valence-electron chi connectivity index (χ0n) is 10.5. The lowest BCUT2D eigenvalue weighted by Gasteiger charge is -2.03. The fourth-order valence-electron chi connectivity index (χ4n) is 2.36. The number of aromatic amines is 1. The summed E-state index contributed by atoms with van der Waals surface area (Å²) in [7, 11) is 0. The number of hydrogen-bond donors (Lipinski definition) is 2. The van der Waals surface area contributed by atoms with E-state index in [1.165, 1.54) is 22.1 Å². The van der Waals surface area contributed by atoms with Crippen LogP contribution in [-0.4, -0.2) is 11.5 Å². The minimum absolute atomic E-state index is 0.665. The van der Waals surface area contributed by atoms with Crippen LogP contribution in [0.25, 0.3) is 22.0 Å². The van der Waals surface area contributed by atoms with E-state index in [4.69, 9.17) is 17.3 Å². The van der Waals surface area contributed by atoms with E-state index >= 15 is 0 Å². The largest absolute Gasteiger partial charge is 0.361 e. The molecule has 3 N–H and O–H groups in total. The first kappa shape index (κ1) is 12.3. The van der Waals surface area contributed by atoms with Gasteiger partial charge in [-0.3, -0.25) is 0 Å². The molecule has 0 atom stereocenters. The Morgan fingerprint density at radius 2 is 1.74 bits per heavy atom. The standard InChI is InChI=1S/C16H15ClN2/c17-14-4-1-11(2-5-14)12-3-6-16-15(9-12)13(7-8-18)10-19-16/h1-6,9-10,19H,7-8,18H2. The molecule has 0 bridgehead atoms. The van der Waals surface area contributed by atoms with Gasteiger partial charge in [-0.15, -0.1) is 0 Å². The highest BCUT2D eigenvalue weighted by atomic mass is 35.5. The Morgan fingerprint density at radius 3 is 2.47 bits per heavy atom. The number of H-pyrrole nitrogens is 1. The lowest BCUT2D eigenvalue weighted by Crippen LogP contribution is -2.01. The van der Waals surface area contributed by atoms with E-state index < -0.39 is 0 Å². The van der Waals surface area contributed by atoms with Crippen molar-refractivity contribution in [1.29, 1.82) is 0 Å². The molecule has 2 nitrogen and oxygen atoms in total. The second-order valence-electron chi connectivity index (χ2n) is 4.62. The number of halogens is 1. The normalized spacial score (nSPS) is 11.1. The van der Waals surface area contributed by atoms with Crippen LogP contribution in [0, 0.1) is 0 Å². The van der Waals surface area contributed by atoms with E-state index in [9.17, 15) is 0 Å². The maximum atomic E-state index is 5.92. The van der Waals surface area contributed by atoms with Crippen molar-refractivity contribution in [3.63, 3.8) is 0 Å². The smallest absolute Gasteiger partial charge is 0.0457 e. The van der Waals surface area contributed by atoms with Gasteiger partial charge in [0, 0.05) is 22.1 Å². The molecule has 0 amide bonds. The number of nitrogens with one attached hydrogen (secondary N) is 1. The third-order valence-corrected chi connectivity index (χ3v) is 3.61. The number of fused-ring (bicyclic) bond motifs is 1. The van der Waals surface area contributed by atoms with Crippen LogP contribution in [0.3, 0.4) is 0 Å². The summed E-state index contributed by atoms with van der Waals surface area (Å²) in [5.41, 5.74) is 10.4. The summed E-state index contributed by atoms with van der Waals surface area (Å²) in [5, 5.41) is 2.01. The molecule has 96 valence electrons. The summed E-state index contributed by atoms with van der Waals surface area (Å²) in [5.74, 6) is 0. The van der Waals surface area contributed by atoms with Crippen LogP contribution in [0.15, 0.2) is 48.7 Å². The van der Waals surface area contributed by atoms with Gasteiger partial charge in [0.05, 0.1) is 0 Å². The fraction of sp³-hybridized carbons (Fsp3) is 0.125. The van der Waals surface area contributed by atoms with Crippen LogP contribution in [-0.2, 0) is 6.42 Å². The van der Waals surface area contributed by atoms with E-state index in [2.05, 4.69) is 23.2 Å². The summed E-state index contributed by atoms with van der Waals surface area (Å²) in [6, 6.07) is 14.4. The van der Waals surface area contributed by atoms with Gasteiger partial charge >= 0.3 is 0 Å². The third-order valence-electron chi connectivity index (χ3n) is 3.36. The van der Waals surface area contributed by atoms with E-state index in [1.54, 1.807) is 0 Å². The molecule has 1 heterocycles. The molecule has 1 aromatic heterocycles. The molecule has 3 rings (SSSR count). The minimum atomic E-state index is 0.665. The molecule has 0 aliphatic heterocycles. The first-order valence-corrected chi connectivity index (χ1v) is 6.72. The molecule has 3 aromatic rings. The molecule has 0 saturated heterocycles. The van der Waals surface area contributed by atoms with Crippen LogP contribution in [0.2, 0.25) is 5.02 Å². The molecule has 3 heteroatoms. The van der Waals surface area contributed by atoms with Gasteiger partial charge in [0.15, 0.2) is 0 Å². The summed E-state index contributed by atoms with van der Waals surface area (Å²) in [4.78, 5) is 3.28. The Balaban J connectivity index is 2.09.